The van der Waals surface area contributed by atoms with Crippen molar-refractivity contribution in [1.29, 1.82) is 0 Å². The highest BCUT2D eigenvalue weighted by atomic mass is 127. The summed E-state index contributed by atoms with van der Waals surface area (Å²) < 4.78 is 2.52. The van der Waals surface area contributed by atoms with Gasteiger partial charge >= 0.3 is 5.97 Å². The van der Waals surface area contributed by atoms with Gasteiger partial charge in [0.25, 0.3) is 0 Å². The summed E-state index contributed by atoms with van der Waals surface area (Å²) >= 11 is 2.13. The molecule has 0 atom stereocenters. The highest BCUT2D eigenvalue weighted by Crippen LogP contribution is 2.24. The number of pyridine rings is 1. The van der Waals surface area contributed by atoms with Gasteiger partial charge in [-0.1, -0.05) is 18.2 Å². The first-order valence-electron chi connectivity index (χ1n) is 5.48. The van der Waals surface area contributed by atoms with E-state index >= 15 is 0 Å². The minimum absolute atomic E-state index is 0.137. The van der Waals surface area contributed by atoms with E-state index in [1.807, 2.05) is 24.3 Å². The van der Waals surface area contributed by atoms with Gasteiger partial charge in [0.05, 0.1) is 21.0 Å². The lowest BCUT2D eigenvalue weighted by atomic mass is 10.1. The molecule has 6 heteroatoms. The van der Waals surface area contributed by atoms with E-state index in [0.29, 0.717) is 5.69 Å². The van der Waals surface area contributed by atoms with E-state index in [1.54, 1.807) is 17.1 Å². The Morgan fingerprint density at radius 1 is 1.26 bits per heavy atom. The summed E-state index contributed by atoms with van der Waals surface area (Å²) in [6.45, 7) is 0. The minimum atomic E-state index is -1.02. The smallest absolute Gasteiger partial charge is 0.339 e. The van der Waals surface area contributed by atoms with Crippen molar-refractivity contribution >= 4 is 39.5 Å². The van der Waals surface area contributed by atoms with Crippen LogP contribution >= 0.6 is 22.6 Å². The Morgan fingerprint density at radius 2 is 2.05 bits per heavy atom. The van der Waals surface area contributed by atoms with Crippen LogP contribution in [0.2, 0.25) is 0 Å². The first kappa shape index (κ1) is 12.1. The molecular formula is C13H8IN3O2. The Hall–Kier alpha value is -1.96. The number of halogens is 1. The molecule has 0 bridgehead atoms. The van der Waals surface area contributed by atoms with E-state index in [2.05, 4.69) is 32.7 Å². The fourth-order valence-corrected chi connectivity index (χ4v) is 2.34. The Kier molecular flexibility index (Phi) is 2.94. The van der Waals surface area contributed by atoms with E-state index in [9.17, 15) is 9.90 Å². The number of carbonyl (C=O) groups is 1. The minimum Gasteiger partial charge on any atom is -0.478 e. The number of carboxylic acid groups (broad SMARTS) is 1. The molecular weight excluding hydrogens is 357 g/mol. The van der Waals surface area contributed by atoms with Crippen molar-refractivity contribution in [2.24, 2.45) is 0 Å². The van der Waals surface area contributed by atoms with E-state index in [1.165, 1.54) is 6.20 Å². The maximum Gasteiger partial charge on any atom is 0.339 e. The molecule has 3 rings (SSSR count). The van der Waals surface area contributed by atoms with E-state index in [4.69, 9.17) is 0 Å². The molecule has 0 aliphatic heterocycles. The van der Waals surface area contributed by atoms with Crippen LogP contribution in [0, 0.1) is 3.57 Å². The van der Waals surface area contributed by atoms with Gasteiger partial charge in [-0.05, 0) is 28.7 Å². The highest BCUT2D eigenvalue weighted by Gasteiger charge is 2.16. The Bertz CT molecular complexity index is 782. The first-order chi connectivity index (χ1) is 9.16. The molecule has 19 heavy (non-hydrogen) atoms. The van der Waals surface area contributed by atoms with Crippen LogP contribution in [0.1, 0.15) is 10.4 Å². The van der Waals surface area contributed by atoms with Crippen molar-refractivity contribution in [3.05, 3.63) is 52.0 Å². The monoisotopic (exact) mass is 365 g/mol. The van der Waals surface area contributed by atoms with Crippen LogP contribution in [-0.4, -0.2) is 25.8 Å². The molecule has 0 fully saturated rings. The van der Waals surface area contributed by atoms with Crippen LogP contribution in [0.5, 0.6) is 0 Å². The maximum atomic E-state index is 11.4. The Balaban J connectivity index is 2.41. The highest BCUT2D eigenvalue weighted by molar-refractivity contribution is 14.1. The van der Waals surface area contributed by atoms with Crippen molar-refractivity contribution in [3.63, 3.8) is 0 Å². The van der Waals surface area contributed by atoms with E-state index < -0.39 is 5.97 Å². The number of fused-ring (bicyclic) bond motifs is 1. The van der Waals surface area contributed by atoms with Gasteiger partial charge in [-0.15, -0.1) is 0 Å². The standard InChI is InChI=1S/C13H8IN3O2/c14-8-5-16-17(7-8)12-9-3-1-2-4-11(9)15-6-10(12)13(18)19/h1-7H,(H,18,19). The van der Waals surface area contributed by atoms with E-state index in [-0.39, 0.29) is 5.56 Å². The average Bonchev–Trinajstić information content (AvgIpc) is 2.83. The SMILES string of the molecule is O=C(O)c1cnc2ccccc2c1-n1cc(I)cn1. The number of para-hydroxylation sites is 1. The van der Waals surface area contributed by atoms with Gasteiger partial charge in [0.15, 0.2) is 0 Å². The maximum absolute atomic E-state index is 11.4. The Labute approximate surface area is 122 Å². The molecule has 1 aromatic carbocycles. The Morgan fingerprint density at radius 3 is 2.74 bits per heavy atom. The topological polar surface area (TPSA) is 68.0 Å². The molecule has 0 unspecified atom stereocenters. The molecule has 2 aromatic heterocycles. The molecule has 0 amide bonds. The number of carboxylic acids is 1. The summed E-state index contributed by atoms with van der Waals surface area (Å²) in [7, 11) is 0. The molecule has 0 saturated carbocycles. The number of hydrogen-bond donors (Lipinski definition) is 1. The number of benzene rings is 1. The first-order valence-corrected chi connectivity index (χ1v) is 6.56. The molecule has 1 N–H and O–H groups in total. The fraction of sp³-hybridized carbons (Fsp3) is 0. The summed E-state index contributed by atoms with van der Waals surface area (Å²) in [4.78, 5) is 15.5. The summed E-state index contributed by atoms with van der Waals surface area (Å²) in [6.07, 6.45) is 4.84. The second-order valence-corrected chi connectivity index (χ2v) is 5.19. The van der Waals surface area contributed by atoms with Crippen molar-refractivity contribution in [3.8, 4) is 5.69 Å². The predicted molar refractivity (Wildman–Crippen MR) is 78.5 cm³/mol. The van der Waals surface area contributed by atoms with Gasteiger partial charge in [0.1, 0.15) is 5.56 Å². The molecule has 0 aliphatic carbocycles. The lowest BCUT2D eigenvalue weighted by Gasteiger charge is -2.09. The number of aromatic nitrogens is 3. The fourth-order valence-electron chi connectivity index (χ4n) is 1.95. The molecule has 5 nitrogen and oxygen atoms in total. The van der Waals surface area contributed by atoms with E-state index in [0.717, 1.165) is 14.5 Å². The van der Waals surface area contributed by atoms with Gasteiger partial charge in [-0.3, -0.25) is 4.98 Å². The normalized spacial score (nSPS) is 10.8. The summed E-state index contributed by atoms with van der Waals surface area (Å²) in [6, 6.07) is 7.41. The largest absolute Gasteiger partial charge is 0.478 e. The average molecular weight is 365 g/mol. The van der Waals surface area contributed by atoms with Crippen molar-refractivity contribution in [1.82, 2.24) is 14.8 Å². The zero-order chi connectivity index (χ0) is 13.4. The molecule has 0 radical (unpaired) electrons. The van der Waals surface area contributed by atoms with Crippen molar-refractivity contribution in [2.75, 3.05) is 0 Å². The second-order valence-electron chi connectivity index (χ2n) is 3.95. The third kappa shape index (κ3) is 2.07. The number of rotatable bonds is 2. The lowest BCUT2D eigenvalue weighted by molar-refractivity contribution is 0.0696. The van der Waals surface area contributed by atoms with Crippen LogP contribution in [-0.2, 0) is 0 Å². The van der Waals surface area contributed by atoms with Crippen LogP contribution in [0.4, 0.5) is 0 Å². The molecule has 2 heterocycles. The van der Waals surface area contributed by atoms with Crippen LogP contribution in [0.3, 0.4) is 0 Å². The van der Waals surface area contributed by atoms with Crippen LogP contribution in [0.25, 0.3) is 16.6 Å². The third-order valence-electron chi connectivity index (χ3n) is 2.76. The molecule has 0 aliphatic rings. The zero-order valence-corrected chi connectivity index (χ0v) is 11.8. The molecule has 94 valence electrons. The lowest BCUT2D eigenvalue weighted by Crippen LogP contribution is -2.07. The van der Waals surface area contributed by atoms with Gasteiger partial charge in [-0.25, -0.2) is 9.48 Å². The predicted octanol–water partition coefficient (Wildman–Crippen LogP) is 2.72. The van der Waals surface area contributed by atoms with Gasteiger partial charge in [-0.2, -0.15) is 5.10 Å². The van der Waals surface area contributed by atoms with Crippen LogP contribution < -0.4 is 0 Å². The van der Waals surface area contributed by atoms with Crippen molar-refractivity contribution < 1.29 is 9.90 Å². The van der Waals surface area contributed by atoms with Crippen molar-refractivity contribution in [2.45, 2.75) is 0 Å². The third-order valence-corrected chi connectivity index (χ3v) is 3.31. The summed E-state index contributed by atoms with van der Waals surface area (Å²) in [5.74, 6) is -1.02. The quantitative estimate of drug-likeness (QED) is 0.710. The van der Waals surface area contributed by atoms with Crippen LogP contribution in [0.15, 0.2) is 42.9 Å². The summed E-state index contributed by atoms with van der Waals surface area (Å²) in [5.41, 5.74) is 1.42. The number of nitrogens with zero attached hydrogens (tertiary/aromatic N) is 3. The molecule has 0 spiro atoms. The summed E-state index contributed by atoms with van der Waals surface area (Å²) in [5, 5.41) is 14.3. The number of aromatic carboxylic acids is 1. The van der Waals surface area contributed by atoms with Gasteiger partial charge in [0, 0.05) is 17.8 Å². The van der Waals surface area contributed by atoms with Gasteiger partial charge in [0.2, 0.25) is 0 Å². The molecule has 0 saturated heterocycles. The molecule has 3 aromatic rings. The number of hydrogen-bond acceptors (Lipinski definition) is 3. The second kappa shape index (κ2) is 4.61. The zero-order valence-electron chi connectivity index (χ0n) is 9.62. The van der Waals surface area contributed by atoms with Gasteiger partial charge < -0.3 is 5.11 Å².